The van der Waals surface area contributed by atoms with Crippen molar-refractivity contribution >= 4 is 27.3 Å². The molecule has 1 aromatic heterocycles. The monoisotopic (exact) mass is 455 g/mol. The lowest BCUT2D eigenvalue weighted by Crippen LogP contribution is -2.43. The second kappa shape index (κ2) is 8.92. The largest absolute Gasteiger partial charge is 0.348 e. The van der Waals surface area contributed by atoms with Crippen LogP contribution in [0, 0.1) is 0 Å². The number of fused-ring (bicyclic) bond motifs is 1. The summed E-state index contributed by atoms with van der Waals surface area (Å²) in [5, 5.41) is 10.3. The Kier molecular flexibility index (Phi) is 6.24. The molecule has 4 rings (SSSR count). The molecule has 0 radical (unpaired) electrons. The first-order chi connectivity index (χ1) is 14.8. The Morgan fingerprint density at radius 2 is 1.87 bits per heavy atom. The lowest BCUT2D eigenvalue weighted by molar-refractivity contribution is -0.123. The van der Waals surface area contributed by atoms with Crippen LogP contribution < -0.4 is 10.5 Å². The van der Waals surface area contributed by atoms with Gasteiger partial charge in [-0.2, -0.15) is 0 Å². The summed E-state index contributed by atoms with van der Waals surface area (Å²) in [6.45, 7) is 2.98. The first-order valence-electron chi connectivity index (χ1n) is 10.1. The van der Waals surface area contributed by atoms with Gasteiger partial charge in [0, 0.05) is 11.4 Å². The number of nitrogens with one attached hydrogen (secondary N) is 1. The van der Waals surface area contributed by atoms with Crippen molar-refractivity contribution in [3.63, 3.8) is 0 Å². The Labute approximate surface area is 186 Å². The smallest absolute Gasteiger partial charge is 0.238 e. The maximum atomic E-state index is 12.9. The Hall–Kier alpha value is -2.52. The zero-order valence-corrected chi connectivity index (χ0v) is 18.8. The van der Waals surface area contributed by atoms with E-state index in [1.54, 1.807) is 23.5 Å². The van der Waals surface area contributed by atoms with Crippen LogP contribution in [0.4, 0.5) is 0 Å². The van der Waals surface area contributed by atoms with Gasteiger partial charge >= 0.3 is 0 Å². The van der Waals surface area contributed by atoms with Crippen molar-refractivity contribution in [2.75, 3.05) is 13.1 Å². The third kappa shape index (κ3) is 4.88. The maximum absolute atomic E-state index is 12.9. The summed E-state index contributed by atoms with van der Waals surface area (Å²) in [6.07, 6.45) is 0.939. The summed E-state index contributed by atoms with van der Waals surface area (Å²) < 4.78 is 22.9. The molecular formula is C23H25N3O3S2. The van der Waals surface area contributed by atoms with Gasteiger partial charge in [-0.3, -0.25) is 9.69 Å². The molecule has 31 heavy (non-hydrogen) atoms. The number of primary sulfonamides is 1. The molecule has 2 heterocycles. The fourth-order valence-electron chi connectivity index (χ4n) is 4.07. The van der Waals surface area contributed by atoms with Crippen LogP contribution in [0.25, 0.3) is 0 Å². The van der Waals surface area contributed by atoms with E-state index in [9.17, 15) is 13.2 Å². The summed E-state index contributed by atoms with van der Waals surface area (Å²) in [4.78, 5) is 16.5. The van der Waals surface area contributed by atoms with Gasteiger partial charge < -0.3 is 5.32 Å². The van der Waals surface area contributed by atoms with Crippen LogP contribution in [0.3, 0.4) is 0 Å². The van der Waals surface area contributed by atoms with E-state index in [2.05, 4.69) is 33.8 Å². The number of amides is 1. The number of hydrogen-bond donors (Lipinski definition) is 2. The number of thiophene rings is 1. The highest BCUT2D eigenvalue weighted by Crippen LogP contribution is 2.37. The first kappa shape index (κ1) is 21.7. The number of carbonyl (C=O) groups is 1. The molecule has 1 aliphatic heterocycles. The van der Waals surface area contributed by atoms with Crippen molar-refractivity contribution in [1.29, 1.82) is 0 Å². The number of carbonyl (C=O) groups excluding carboxylic acids is 1. The molecule has 3 aromatic rings. The number of nitrogens with zero attached hydrogens (tertiary/aromatic N) is 1. The van der Waals surface area contributed by atoms with Gasteiger partial charge in [0.2, 0.25) is 15.9 Å². The highest BCUT2D eigenvalue weighted by atomic mass is 32.2. The van der Waals surface area contributed by atoms with Gasteiger partial charge in [0.25, 0.3) is 0 Å². The maximum Gasteiger partial charge on any atom is 0.238 e. The van der Waals surface area contributed by atoms with Crippen LogP contribution in [-0.2, 0) is 21.2 Å². The number of hydrogen-bond acceptors (Lipinski definition) is 5. The van der Waals surface area contributed by atoms with Crippen LogP contribution in [0.15, 0.2) is 70.9 Å². The van der Waals surface area contributed by atoms with Crippen molar-refractivity contribution < 1.29 is 13.2 Å². The van der Waals surface area contributed by atoms with Gasteiger partial charge in [-0.1, -0.05) is 42.5 Å². The fraction of sp³-hybridized carbons (Fsp3) is 0.261. The van der Waals surface area contributed by atoms with Gasteiger partial charge in [-0.15, -0.1) is 11.3 Å². The van der Waals surface area contributed by atoms with E-state index in [0.717, 1.165) is 18.5 Å². The molecule has 6 nitrogen and oxygen atoms in total. The van der Waals surface area contributed by atoms with Gasteiger partial charge in [-0.25, -0.2) is 13.6 Å². The fourth-order valence-corrected chi connectivity index (χ4v) is 5.48. The van der Waals surface area contributed by atoms with Crippen molar-refractivity contribution in [2.45, 2.75) is 30.3 Å². The minimum absolute atomic E-state index is 0.0559. The van der Waals surface area contributed by atoms with Crippen LogP contribution in [0.5, 0.6) is 0 Å². The van der Waals surface area contributed by atoms with Crippen LogP contribution in [0.2, 0.25) is 0 Å². The summed E-state index contributed by atoms with van der Waals surface area (Å²) >= 11 is 1.78. The van der Waals surface area contributed by atoms with E-state index in [-0.39, 0.29) is 29.4 Å². The molecule has 162 valence electrons. The van der Waals surface area contributed by atoms with Gasteiger partial charge in [-0.05, 0) is 53.6 Å². The number of sulfonamides is 1. The average molecular weight is 456 g/mol. The van der Waals surface area contributed by atoms with Crippen molar-refractivity contribution in [3.8, 4) is 0 Å². The normalized spacial score (nSPS) is 17.7. The van der Waals surface area contributed by atoms with E-state index in [4.69, 9.17) is 5.14 Å². The summed E-state index contributed by atoms with van der Waals surface area (Å²) in [6, 6.07) is 18.5. The third-order valence-electron chi connectivity index (χ3n) is 5.61. The van der Waals surface area contributed by atoms with Crippen molar-refractivity contribution in [3.05, 3.63) is 87.6 Å². The third-order valence-corrected chi connectivity index (χ3v) is 7.54. The van der Waals surface area contributed by atoms with E-state index in [1.807, 2.05) is 25.1 Å². The van der Waals surface area contributed by atoms with E-state index >= 15 is 0 Å². The molecule has 2 atom stereocenters. The van der Waals surface area contributed by atoms with Crippen LogP contribution in [-0.4, -0.2) is 32.3 Å². The zero-order chi connectivity index (χ0) is 22.0. The Balaban J connectivity index is 1.47. The molecule has 0 saturated heterocycles. The summed E-state index contributed by atoms with van der Waals surface area (Å²) in [5.74, 6) is -0.0670. The van der Waals surface area contributed by atoms with Gasteiger partial charge in [0.05, 0.1) is 23.5 Å². The van der Waals surface area contributed by atoms with Crippen LogP contribution in [0.1, 0.15) is 40.6 Å². The first-order valence-corrected chi connectivity index (χ1v) is 12.5. The Morgan fingerprint density at radius 3 is 2.55 bits per heavy atom. The lowest BCUT2D eigenvalue weighted by Gasteiger charge is -2.36. The van der Waals surface area contributed by atoms with Gasteiger partial charge in [0.1, 0.15) is 0 Å². The molecule has 2 aromatic carbocycles. The predicted molar refractivity (Wildman–Crippen MR) is 122 cm³/mol. The quantitative estimate of drug-likeness (QED) is 0.597. The molecule has 8 heteroatoms. The predicted octanol–water partition coefficient (Wildman–Crippen LogP) is 3.22. The number of rotatable bonds is 6. The molecule has 0 aliphatic carbocycles. The Bertz CT molecular complexity index is 1160. The van der Waals surface area contributed by atoms with Crippen molar-refractivity contribution in [1.82, 2.24) is 10.2 Å². The summed E-state index contributed by atoms with van der Waals surface area (Å²) in [7, 11) is -3.73. The highest BCUT2D eigenvalue weighted by Gasteiger charge is 2.30. The Morgan fingerprint density at radius 1 is 1.16 bits per heavy atom. The molecule has 1 amide bonds. The minimum Gasteiger partial charge on any atom is -0.348 e. The molecule has 0 fully saturated rings. The molecule has 1 aliphatic rings. The second-order valence-corrected chi connectivity index (χ2v) is 10.3. The SMILES string of the molecule is C[C@H](NC(=O)CN1CCc2sccc2[C@H]1c1ccccc1)c1ccc(S(N)(=O)=O)cc1. The average Bonchev–Trinajstić information content (AvgIpc) is 3.22. The lowest BCUT2D eigenvalue weighted by atomic mass is 9.93. The zero-order valence-electron chi connectivity index (χ0n) is 17.2. The molecule has 3 N–H and O–H groups in total. The molecular weight excluding hydrogens is 430 g/mol. The molecule has 0 bridgehead atoms. The highest BCUT2D eigenvalue weighted by molar-refractivity contribution is 7.89. The second-order valence-electron chi connectivity index (χ2n) is 7.74. The molecule has 0 unspecified atom stereocenters. The topological polar surface area (TPSA) is 92.5 Å². The van der Waals surface area contributed by atoms with E-state index in [1.165, 1.54) is 28.1 Å². The molecule has 0 spiro atoms. The van der Waals surface area contributed by atoms with E-state index in [0.29, 0.717) is 0 Å². The van der Waals surface area contributed by atoms with Gasteiger partial charge in [0.15, 0.2) is 0 Å². The number of nitrogens with two attached hydrogens (primary N) is 1. The minimum atomic E-state index is -3.73. The number of benzene rings is 2. The van der Waals surface area contributed by atoms with Crippen molar-refractivity contribution in [2.24, 2.45) is 5.14 Å². The van der Waals surface area contributed by atoms with Crippen LogP contribution >= 0.6 is 11.3 Å². The standard InChI is InChI=1S/C23H25N3O3S2/c1-16(17-7-9-19(10-8-17)31(24,28)29)25-22(27)15-26-13-11-21-20(12-14-30-21)23(26)18-5-3-2-4-6-18/h2-10,12,14,16,23H,11,13,15H2,1H3,(H,25,27)(H2,24,28,29)/t16-,23+/m0/s1. The summed E-state index contributed by atoms with van der Waals surface area (Å²) in [5.41, 5.74) is 3.28. The van der Waals surface area contributed by atoms with E-state index < -0.39 is 10.0 Å². The molecule has 0 saturated carbocycles.